The fourth-order valence-electron chi connectivity index (χ4n) is 5.34. The Labute approximate surface area is 242 Å². The van der Waals surface area contributed by atoms with Gasteiger partial charge in [0.1, 0.15) is 11.7 Å². The molecule has 2 heterocycles. The van der Waals surface area contributed by atoms with Crippen LogP contribution in [0.4, 0.5) is 0 Å². The molecule has 1 fully saturated rings. The molecule has 0 aliphatic carbocycles. The molecule has 2 atom stereocenters. The second-order valence-electron chi connectivity index (χ2n) is 10.3. The number of methoxy groups -OCH3 is 1. The van der Waals surface area contributed by atoms with Crippen LogP contribution >= 0.6 is 11.6 Å². The summed E-state index contributed by atoms with van der Waals surface area (Å²) in [5.74, 6) is -0.0824. The molecule has 4 rings (SSSR count). The molecule has 40 heavy (non-hydrogen) atoms. The fourth-order valence-corrected chi connectivity index (χ4v) is 5.59. The minimum Gasteiger partial charge on any atom is -0.385 e. The van der Waals surface area contributed by atoms with E-state index in [1.165, 1.54) is 5.56 Å². The topological polar surface area (TPSA) is 83.9 Å². The number of nitrogens with one attached hydrogen (secondary N) is 1. The van der Waals surface area contributed by atoms with Crippen molar-refractivity contribution < 1.29 is 19.4 Å². The molecular weight excluding hydrogens is 526 g/mol. The highest BCUT2D eigenvalue weighted by molar-refractivity contribution is 6.33. The van der Waals surface area contributed by atoms with Gasteiger partial charge in [-0.2, -0.15) is 0 Å². The van der Waals surface area contributed by atoms with Crippen LogP contribution in [0.3, 0.4) is 0 Å². The minimum absolute atomic E-state index is 0.0824. The number of aliphatic hydroxyl groups is 1. The van der Waals surface area contributed by atoms with Crippen LogP contribution in [0.2, 0.25) is 5.02 Å². The lowest BCUT2D eigenvalue weighted by Gasteiger charge is -2.42. The Morgan fingerprint density at radius 3 is 2.73 bits per heavy atom. The van der Waals surface area contributed by atoms with Crippen LogP contribution < -0.4 is 5.32 Å². The number of hydrogen-bond acceptors (Lipinski definition) is 6. The van der Waals surface area contributed by atoms with Gasteiger partial charge in [0.25, 0.3) is 5.91 Å². The number of ether oxygens (including phenoxy) is 2. The van der Waals surface area contributed by atoms with Crippen LogP contribution in [-0.2, 0) is 28.0 Å². The van der Waals surface area contributed by atoms with Crippen molar-refractivity contribution in [2.45, 2.75) is 50.9 Å². The molecular formula is C32H40ClN3O4. The molecule has 1 amide bonds. The van der Waals surface area contributed by atoms with E-state index in [9.17, 15) is 9.90 Å². The zero-order chi connectivity index (χ0) is 28.5. The van der Waals surface area contributed by atoms with Gasteiger partial charge in [0.05, 0.1) is 23.9 Å². The van der Waals surface area contributed by atoms with Gasteiger partial charge in [0.2, 0.25) is 0 Å². The predicted molar refractivity (Wildman–Crippen MR) is 159 cm³/mol. The van der Waals surface area contributed by atoms with E-state index in [-0.39, 0.29) is 12.5 Å². The summed E-state index contributed by atoms with van der Waals surface area (Å²) >= 11 is 6.80. The molecule has 7 nitrogen and oxygen atoms in total. The standard InChI is InChI=1S/C32H40ClN3O4/c1-4-23-8-7-9-26(20-23)29-27(33)14-16-35-30(29)32(38,15-5-6-18-39-3)28-22-36(17-19-40-28)31(37)25-12-10-24(11-13-25)21-34-2/h7-14,16,20,28,34,38H,4-6,15,17-19,21-22H2,1-3H3/t28-,32+/m1/s1. The summed E-state index contributed by atoms with van der Waals surface area (Å²) in [6.07, 6.45) is 3.66. The van der Waals surface area contributed by atoms with Crippen LogP contribution in [0.15, 0.2) is 60.8 Å². The van der Waals surface area contributed by atoms with Gasteiger partial charge >= 0.3 is 0 Å². The normalized spacial score (nSPS) is 17.0. The number of aromatic nitrogens is 1. The molecule has 2 aromatic carbocycles. The molecule has 0 radical (unpaired) electrons. The smallest absolute Gasteiger partial charge is 0.254 e. The summed E-state index contributed by atoms with van der Waals surface area (Å²) in [5.41, 5.74) is 3.47. The van der Waals surface area contributed by atoms with E-state index < -0.39 is 11.7 Å². The number of halogens is 1. The van der Waals surface area contributed by atoms with Gasteiger partial charge in [0.15, 0.2) is 0 Å². The Morgan fingerprint density at radius 2 is 2.00 bits per heavy atom. The van der Waals surface area contributed by atoms with Gasteiger partial charge in [-0.3, -0.25) is 9.78 Å². The van der Waals surface area contributed by atoms with Crippen LogP contribution in [-0.4, -0.2) is 67.5 Å². The first kappa shape index (κ1) is 30.2. The van der Waals surface area contributed by atoms with Gasteiger partial charge in [0, 0.05) is 44.1 Å². The lowest BCUT2D eigenvalue weighted by molar-refractivity contribution is -0.148. The minimum atomic E-state index is -1.48. The van der Waals surface area contributed by atoms with Gasteiger partial charge in [-0.15, -0.1) is 0 Å². The Balaban J connectivity index is 1.69. The van der Waals surface area contributed by atoms with Crippen molar-refractivity contribution in [3.63, 3.8) is 0 Å². The van der Waals surface area contributed by atoms with Crippen molar-refractivity contribution in [3.8, 4) is 11.1 Å². The first-order valence-corrected chi connectivity index (χ1v) is 14.4. The third-order valence-electron chi connectivity index (χ3n) is 7.56. The van der Waals surface area contributed by atoms with E-state index in [0.717, 1.165) is 30.5 Å². The number of aryl methyl sites for hydroxylation is 1. The Bertz CT molecular complexity index is 1270. The SMILES string of the molecule is CCc1cccc(-c2c(Cl)ccnc2[C@](O)(CCCCOC)[C@H]2CN(C(=O)c3ccc(CNC)cc3)CCO2)c1. The molecule has 0 spiro atoms. The molecule has 0 bridgehead atoms. The number of hydrogen-bond donors (Lipinski definition) is 2. The first-order chi connectivity index (χ1) is 19.4. The molecule has 1 aliphatic heterocycles. The monoisotopic (exact) mass is 565 g/mol. The van der Waals surface area contributed by atoms with Crippen molar-refractivity contribution in [3.05, 3.63) is 88.2 Å². The van der Waals surface area contributed by atoms with Gasteiger partial charge < -0.3 is 24.8 Å². The first-order valence-electron chi connectivity index (χ1n) is 14.0. The van der Waals surface area contributed by atoms with Crippen molar-refractivity contribution >= 4 is 17.5 Å². The molecule has 214 valence electrons. The van der Waals surface area contributed by atoms with Crippen LogP contribution in [0.5, 0.6) is 0 Å². The quantitative estimate of drug-likeness (QED) is 0.293. The van der Waals surface area contributed by atoms with Crippen molar-refractivity contribution in [2.24, 2.45) is 0 Å². The summed E-state index contributed by atoms with van der Waals surface area (Å²) in [4.78, 5) is 20.0. The summed E-state index contributed by atoms with van der Waals surface area (Å²) in [7, 11) is 3.56. The maximum absolute atomic E-state index is 13.5. The average Bonchev–Trinajstić information content (AvgIpc) is 2.99. The number of morpholine rings is 1. The van der Waals surface area contributed by atoms with Crippen LogP contribution in [0.1, 0.15) is 53.4 Å². The third-order valence-corrected chi connectivity index (χ3v) is 7.87. The van der Waals surface area contributed by atoms with Crippen LogP contribution in [0.25, 0.3) is 11.1 Å². The average molecular weight is 566 g/mol. The largest absolute Gasteiger partial charge is 0.385 e. The zero-order valence-electron chi connectivity index (χ0n) is 23.7. The molecule has 0 saturated carbocycles. The number of amides is 1. The van der Waals surface area contributed by atoms with Gasteiger partial charge in [-0.05, 0) is 67.6 Å². The zero-order valence-corrected chi connectivity index (χ0v) is 24.4. The number of nitrogens with zero attached hydrogens (tertiary/aromatic N) is 2. The van der Waals surface area contributed by atoms with E-state index >= 15 is 0 Å². The maximum Gasteiger partial charge on any atom is 0.254 e. The van der Waals surface area contributed by atoms with Crippen molar-refractivity contribution in [1.82, 2.24) is 15.2 Å². The summed E-state index contributed by atoms with van der Waals surface area (Å²) in [6.45, 7) is 4.43. The lowest BCUT2D eigenvalue weighted by atomic mass is 9.82. The number of unbranched alkanes of at least 4 members (excludes halogenated alkanes) is 1. The fraction of sp³-hybridized carbons (Fsp3) is 0.438. The van der Waals surface area contributed by atoms with Crippen molar-refractivity contribution in [1.29, 1.82) is 0 Å². The highest BCUT2D eigenvalue weighted by Crippen LogP contribution is 2.42. The Hall–Kier alpha value is -2.81. The molecule has 1 aromatic heterocycles. The highest BCUT2D eigenvalue weighted by Gasteiger charge is 2.45. The predicted octanol–water partition coefficient (Wildman–Crippen LogP) is 5.23. The number of benzene rings is 2. The second kappa shape index (κ2) is 14.2. The third kappa shape index (κ3) is 6.90. The highest BCUT2D eigenvalue weighted by atomic mass is 35.5. The summed E-state index contributed by atoms with van der Waals surface area (Å²) in [5, 5.41) is 16.2. The molecule has 1 saturated heterocycles. The van der Waals surface area contributed by atoms with E-state index in [2.05, 4.69) is 24.4 Å². The van der Waals surface area contributed by atoms with E-state index in [0.29, 0.717) is 54.4 Å². The van der Waals surface area contributed by atoms with Crippen LogP contribution in [0, 0.1) is 0 Å². The van der Waals surface area contributed by atoms with Gasteiger partial charge in [-0.25, -0.2) is 0 Å². The van der Waals surface area contributed by atoms with E-state index in [1.807, 2.05) is 43.4 Å². The van der Waals surface area contributed by atoms with Crippen molar-refractivity contribution in [2.75, 3.05) is 40.5 Å². The maximum atomic E-state index is 13.5. The lowest BCUT2D eigenvalue weighted by Crippen LogP contribution is -2.55. The molecule has 2 N–H and O–H groups in total. The van der Waals surface area contributed by atoms with E-state index in [1.54, 1.807) is 24.3 Å². The molecule has 8 heteroatoms. The number of rotatable bonds is 12. The summed E-state index contributed by atoms with van der Waals surface area (Å²) < 4.78 is 11.5. The summed E-state index contributed by atoms with van der Waals surface area (Å²) in [6, 6.07) is 17.5. The van der Waals surface area contributed by atoms with E-state index in [4.69, 9.17) is 26.1 Å². The van der Waals surface area contributed by atoms with Gasteiger partial charge in [-0.1, -0.05) is 54.9 Å². The Morgan fingerprint density at radius 1 is 1.20 bits per heavy atom. The molecule has 3 aromatic rings. The Kier molecular flexibility index (Phi) is 10.7. The number of carbonyl (C=O) groups is 1. The number of pyridine rings is 1. The number of carbonyl (C=O) groups excluding carboxylic acids is 1. The molecule has 0 unspecified atom stereocenters. The second-order valence-corrected chi connectivity index (χ2v) is 10.7. The molecule has 1 aliphatic rings.